The van der Waals surface area contributed by atoms with E-state index in [-0.39, 0.29) is 5.91 Å². The summed E-state index contributed by atoms with van der Waals surface area (Å²) in [4.78, 5) is 26.1. The Morgan fingerprint density at radius 3 is 1.81 bits per heavy atom. The summed E-state index contributed by atoms with van der Waals surface area (Å²) in [6.45, 7) is 1.89. The number of carbonyl (C=O) groups is 2. The summed E-state index contributed by atoms with van der Waals surface area (Å²) in [5.41, 5.74) is 2.00. The van der Waals surface area contributed by atoms with E-state index in [2.05, 4.69) is 17.4 Å². The van der Waals surface area contributed by atoms with Crippen LogP contribution in [0.15, 0.2) is 91.0 Å². The molecule has 0 unspecified atom stereocenters. The second-order valence-electron chi connectivity index (χ2n) is 7.78. The molecule has 0 bridgehead atoms. The number of rotatable bonds is 9. The lowest BCUT2D eigenvalue weighted by molar-refractivity contribution is -0.145. The molecular weight excluding hydrogens is 386 g/mol. The van der Waals surface area contributed by atoms with E-state index in [4.69, 9.17) is 4.74 Å². The molecule has 160 valence electrons. The number of esters is 1. The van der Waals surface area contributed by atoms with Crippen LogP contribution in [0.2, 0.25) is 0 Å². The van der Waals surface area contributed by atoms with Crippen molar-refractivity contribution in [1.29, 1.82) is 0 Å². The minimum absolute atomic E-state index is 0.222. The molecule has 31 heavy (non-hydrogen) atoms. The Bertz CT molecular complexity index is 932. The molecule has 3 aromatic rings. The van der Waals surface area contributed by atoms with Crippen molar-refractivity contribution in [2.45, 2.75) is 37.6 Å². The van der Waals surface area contributed by atoms with E-state index in [9.17, 15) is 9.59 Å². The molecule has 0 saturated carbocycles. The first kappa shape index (κ1) is 22.3. The Hall–Kier alpha value is -3.40. The number of ether oxygens (including phenoxy) is 1. The van der Waals surface area contributed by atoms with Crippen LogP contribution in [0.5, 0.6) is 0 Å². The molecule has 0 aromatic heterocycles. The van der Waals surface area contributed by atoms with Gasteiger partial charge < -0.3 is 10.1 Å². The normalized spacial score (nSPS) is 12.1. The lowest BCUT2D eigenvalue weighted by atomic mass is 9.75. The lowest BCUT2D eigenvalue weighted by Gasteiger charge is -2.31. The molecule has 4 nitrogen and oxygen atoms in total. The summed E-state index contributed by atoms with van der Waals surface area (Å²) < 4.78 is 4.99. The van der Waals surface area contributed by atoms with Crippen molar-refractivity contribution in [2.24, 2.45) is 0 Å². The zero-order valence-corrected chi connectivity index (χ0v) is 18.1. The van der Waals surface area contributed by atoms with Gasteiger partial charge in [0.25, 0.3) is 0 Å². The van der Waals surface area contributed by atoms with Gasteiger partial charge in [0.15, 0.2) is 0 Å². The summed E-state index contributed by atoms with van der Waals surface area (Å²) in [6, 6.07) is 28.7. The Kier molecular flexibility index (Phi) is 7.60. The van der Waals surface area contributed by atoms with Crippen LogP contribution in [-0.2, 0) is 26.2 Å². The number of carbonyl (C=O) groups excluding carboxylic acids is 2. The minimum Gasteiger partial charge on any atom is -0.467 e. The maximum absolute atomic E-state index is 13.6. The predicted octanol–water partition coefficient (Wildman–Crippen LogP) is 4.67. The second-order valence-corrected chi connectivity index (χ2v) is 7.78. The molecule has 0 spiro atoms. The van der Waals surface area contributed by atoms with Gasteiger partial charge in [-0.25, -0.2) is 4.79 Å². The molecule has 0 aliphatic heterocycles. The van der Waals surface area contributed by atoms with Crippen molar-refractivity contribution in [1.82, 2.24) is 5.32 Å². The van der Waals surface area contributed by atoms with Crippen LogP contribution in [0, 0.1) is 0 Å². The third kappa shape index (κ3) is 5.40. The number of aryl methyl sites for hydroxylation is 1. The summed E-state index contributed by atoms with van der Waals surface area (Å²) in [7, 11) is 1.35. The van der Waals surface area contributed by atoms with E-state index in [0.29, 0.717) is 6.42 Å². The van der Waals surface area contributed by atoms with E-state index in [1.54, 1.807) is 0 Å². The van der Waals surface area contributed by atoms with Crippen LogP contribution in [-0.4, -0.2) is 25.0 Å². The Morgan fingerprint density at radius 1 is 0.839 bits per heavy atom. The maximum Gasteiger partial charge on any atom is 0.328 e. The van der Waals surface area contributed by atoms with Gasteiger partial charge in [-0.05, 0) is 42.9 Å². The van der Waals surface area contributed by atoms with Gasteiger partial charge in [0.05, 0.1) is 12.5 Å². The highest BCUT2D eigenvalue weighted by Crippen LogP contribution is 2.32. The summed E-state index contributed by atoms with van der Waals surface area (Å²) in [6.07, 6.45) is 2.10. The van der Waals surface area contributed by atoms with Gasteiger partial charge in [-0.15, -0.1) is 0 Å². The van der Waals surface area contributed by atoms with Crippen LogP contribution in [0.4, 0.5) is 0 Å². The van der Waals surface area contributed by atoms with Crippen molar-refractivity contribution < 1.29 is 14.3 Å². The van der Waals surface area contributed by atoms with Gasteiger partial charge in [0.2, 0.25) is 5.91 Å². The van der Waals surface area contributed by atoms with Gasteiger partial charge in [-0.2, -0.15) is 0 Å². The topological polar surface area (TPSA) is 55.4 Å². The smallest absolute Gasteiger partial charge is 0.328 e. The van der Waals surface area contributed by atoms with Gasteiger partial charge in [0, 0.05) is 0 Å². The fraction of sp³-hybridized carbons (Fsp3) is 0.259. The molecule has 1 atom stereocenters. The lowest BCUT2D eigenvalue weighted by Crippen LogP contribution is -2.50. The van der Waals surface area contributed by atoms with Crippen LogP contribution in [0.1, 0.15) is 36.5 Å². The Balaban J connectivity index is 1.81. The van der Waals surface area contributed by atoms with E-state index >= 15 is 0 Å². The molecule has 0 heterocycles. The molecule has 4 heteroatoms. The Morgan fingerprint density at radius 2 is 1.32 bits per heavy atom. The van der Waals surface area contributed by atoms with Gasteiger partial charge in [-0.1, -0.05) is 91.0 Å². The van der Waals surface area contributed by atoms with E-state index in [1.807, 2.05) is 85.8 Å². The number of hydrogen-bond acceptors (Lipinski definition) is 3. The van der Waals surface area contributed by atoms with Crippen molar-refractivity contribution in [3.05, 3.63) is 108 Å². The number of amides is 1. The zero-order valence-electron chi connectivity index (χ0n) is 18.1. The van der Waals surface area contributed by atoms with Crippen molar-refractivity contribution in [2.75, 3.05) is 7.11 Å². The summed E-state index contributed by atoms with van der Waals surface area (Å²) in [5.74, 6) is -0.648. The molecule has 0 fully saturated rings. The molecule has 1 amide bonds. The molecule has 1 N–H and O–H groups in total. The van der Waals surface area contributed by atoms with Gasteiger partial charge in [0.1, 0.15) is 6.04 Å². The van der Waals surface area contributed by atoms with Crippen LogP contribution >= 0.6 is 0 Å². The molecule has 0 saturated heterocycles. The molecule has 0 aliphatic rings. The highest BCUT2D eigenvalue weighted by atomic mass is 16.5. The molecular formula is C27H29NO3. The Labute approximate surface area is 184 Å². The minimum atomic E-state index is -0.936. The van der Waals surface area contributed by atoms with Crippen molar-refractivity contribution >= 4 is 11.9 Å². The number of nitrogens with one attached hydrogen (secondary N) is 1. The third-order valence-corrected chi connectivity index (χ3v) is 5.75. The second kappa shape index (κ2) is 10.6. The number of benzene rings is 3. The molecule has 3 aromatic carbocycles. The first-order valence-corrected chi connectivity index (χ1v) is 10.6. The molecule has 0 aliphatic carbocycles. The molecule has 3 rings (SSSR count). The van der Waals surface area contributed by atoms with E-state index in [1.165, 1.54) is 12.7 Å². The largest absolute Gasteiger partial charge is 0.467 e. The fourth-order valence-corrected chi connectivity index (χ4v) is 3.82. The summed E-state index contributed by atoms with van der Waals surface area (Å²) >= 11 is 0. The van der Waals surface area contributed by atoms with Crippen LogP contribution in [0.3, 0.4) is 0 Å². The van der Waals surface area contributed by atoms with Crippen molar-refractivity contribution in [3.8, 4) is 0 Å². The highest BCUT2D eigenvalue weighted by Gasteiger charge is 2.39. The number of hydrogen-bond donors (Lipinski definition) is 1. The summed E-state index contributed by atoms with van der Waals surface area (Å²) in [5, 5.41) is 2.98. The quantitative estimate of drug-likeness (QED) is 0.517. The predicted molar refractivity (Wildman–Crippen MR) is 123 cm³/mol. The van der Waals surface area contributed by atoms with Crippen molar-refractivity contribution in [3.63, 3.8) is 0 Å². The number of methoxy groups -OCH3 is 1. The first-order valence-electron chi connectivity index (χ1n) is 10.6. The fourth-order valence-electron chi connectivity index (χ4n) is 3.82. The standard InChI is InChI=1S/C27H29NO3/c1-27(22-16-8-4-9-17-22,23-18-10-5-11-19-23)26(30)28-24(25(29)31-2)20-12-15-21-13-6-3-7-14-21/h3-11,13-14,16-19,24H,12,15,20H2,1-2H3,(H,28,30)/t24-/m1/s1. The van der Waals surface area contributed by atoms with Crippen LogP contribution < -0.4 is 5.32 Å². The zero-order chi connectivity index (χ0) is 22.1. The highest BCUT2D eigenvalue weighted by molar-refractivity contribution is 5.94. The maximum atomic E-state index is 13.6. The average Bonchev–Trinajstić information content (AvgIpc) is 2.84. The van der Waals surface area contributed by atoms with E-state index < -0.39 is 17.4 Å². The third-order valence-electron chi connectivity index (χ3n) is 5.75. The molecule has 0 radical (unpaired) electrons. The van der Waals surface area contributed by atoms with Gasteiger partial charge in [-0.3, -0.25) is 4.79 Å². The van der Waals surface area contributed by atoms with Gasteiger partial charge >= 0.3 is 5.97 Å². The van der Waals surface area contributed by atoms with E-state index in [0.717, 1.165) is 24.0 Å². The average molecular weight is 416 g/mol. The van der Waals surface area contributed by atoms with Crippen LogP contribution in [0.25, 0.3) is 0 Å². The monoisotopic (exact) mass is 415 g/mol. The first-order chi connectivity index (χ1) is 15.1. The SMILES string of the molecule is COC(=O)[C@@H](CCCc1ccccc1)NC(=O)C(C)(c1ccccc1)c1ccccc1.